The third-order valence-corrected chi connectivity index (χ3v) is 3.12. The molecule has 5 heteroatoms. The first-order valence-corrected chi connectivity index (χ1v) is 6.48. The number of carbonyl (C=O) groups is 1. The Balaban J connectivity index is 2.12. The van der Waals surface area contributed by atoms with Gasteiger partial charge in [0.2, 0.25) is 5.96 Å². The summed E-state index contributed by atoms with van der Waals surface area (Å²) >= 11 is 0. The molecule has 100 valence electrons. The van der Waals surface area contributed by atoms with Crippen molar-refractivity contribution in [3.63, 3.8) is 0 Å². The molecule has 0 amide bonds. The molecule has 1 aliphatic heterocycles. The van der Waals surface area contributed by atoms with Crippen molar-refractivity contribution in [3.05, 3.63) is 35.9 Å². The highest BCUT2D eigenvalue weighted by atomic mass is 16.1. The van der Waals surface area contributed by atoms with Gasteiger partial charge in [-0.15, -0.1) is 10.2 Å². The number of benzene rings is 1. The number of nitrogens with zero attached hydrogens (tertiary/aromatic N) is 3. The molecule has 0 spiro atoms. The van der Waals surface area contributed by atoms with Gasteiger partial charge in [0.05, 0.1) is 0 Å². The summed E-state index contributed by atoms with van der Waals surface area (Å²) in [7, 11) is 0. The van der Waals surface area contributed by atoms with Crippen molar-refractivity contribution < 1.29 is 4.79 Å². The SMILES string of the molecule is N/C(=N\N=C(/C=O)c1ccccc1)N1CCCCC1. The molecule has 1 aromatic rings. The molecule has 1 aliphatic rings. The Bertz CT molecular complexity index is 475. The Labute approximate surface area is 112 Å². The van der Waals surface area contributed by atoms with E-state index in [-0.39, 0.29) is 0 Å². The van der Waals surface area contributed by atoms with Gasteiger partial charge in [0.15, 0.2) is 6.29 Å². The summed E-state index contributed by atoms with van der Waals surface area (Å²) in [6.07, 6.45) is 4.18. The molecule has 0 atom stereocenters. The lowest BCUT2D eigenvalue weighted by molar-refractivity contribution is -0.102. The van der Waals surface area contributed by atoms with Crippen LogP contribution >= 0.6 is 0 Å². The topological polar surface area (TPSA) is 71.0 Å². The predicted octanol–water partition coefficient (Wildman–Crippen LogP) is 1.39. The maximum atomic E-state index is 11.0. The highest BCUT2D eigenvalue weighted by Gasteiger charge is 2.11. The van der Waals surface area contributed by atoms with Gasteiger partial charge in [0.25, 0.3) is 0 Å². The van der Waals surface area contributed by atoms with Crippen LogP contribution in [0.1, 0.15) is 24.8 Å². The van der Waals surface area contributed by atoms with E-state index in [0.717, 1.165) is 31.5 Å². The summed E-state index contributed by atoms with van der Waals surface area (Å²) in [5.41, 5.74) is 6.92. The molecule has 1 aromatic carbocycles. The summed E-state index contributed by atoms with van der Waals surface area (Å²) < 4.78 is 0. The Morgan fingerprint density at radius 1 is 1.11 bits per heavy atom. The van der Waals surface area contributed by atoms with Crippen molar-refractivity contribution >= 4 is 18.0 Å². The number of hydrogen-bond acceptors (Lipinski definition) is 3. The van der Waals surface area contributed by atoms with E-state index in [9.17, 15) is 4.79 Å². The highest BCUT2D eigenvalue weighted by Crippen LogP contribution is 2.08. The van der Waals surface area contributed by atoms with Gasteiger partial charge in [0.1, 0.15) is 5.71 Å². The summed E-state index contributed by atoms with van der Waals surface area (Å²) in [5.74, 6) is 0.384. The van der Waals surface area contributed by atoms with Crippen LogP contribution in [0.3, 0.4) is 0 Å². The molecule has 0 radical (unpaired) electrons. The molecule has 0 saturated carbocycles. The van der Waals surface area contributed by atoms with Gasteiger partial charge in [0, 0.05) is 18.7 Å². The normalized spacial score (nSPS) is 17.4. The van der Waals surface area contributed by atoms with Crippen molar-refractivity contribution in [2.75, 3.05) is 13.1 Å². The third-order valence-electron chi connectivity index (χ3n) is 3.12. The van der Waals surface area contributed by atoms with Crippen molar-refractivity contribution in [2.24, 2.45) is 15.9 Å². The second-order valence-corrected chi connectivity index (χ2v) is 4.48. The van der Waals surface area contributed by atoms with E-state index in [1.54, 1.807) is 0 Å². The van der Waals surface area contributed by atoms with Crippen molar-refractivity contribution in [2.45, 2.75) is 19.3 Å². The predicted molar refractivity (Wildman–Crippen MR) is 76.1 cm³/mol. The van der Waals surface area contributed by atoms with Crippen molar-refractivity contribution in [1.29, 1.82) is 0 Å². The minimum atomic E-state index is 0.292. The van der Waals surface area contributed by atoms with Gasteiger partial charge >= 0.3 is 0 Å². The molecule has 0 aliphatic carbocycles. The molecule has 2 rings (SSSR count). The van der Waals surface area contributed by atoms with Gasteiger partial charge in [-0.1, -0.05) is 30.3 Å². The number of carbonyl (C=O) groups excluding carboxylic acids is 1. The molecule has 5 nitrogen and oxygen atoms in total. The summed E-state index contributed by atoms with van der Waals surface area (Å²) in [6, 6.07) is 9.23. The maximum Gasteiger partial charge on any atom is 0.216 e. The van der Waals surface area contributed by atoms with Crippen LogP contribution in [-0.2, 0) is 4.79 Å². The van der Waals surface area contributed by atoms with Crippen LogP contribution in [0.25, 0.3) is 0 Å². The quantitative estimate of drug-likeness (QED) is 0.385. The Kier molecular flexibility index (Phi) is 4.66. The zero-order chi connectivity index (χ0) is 13.5. The van der Waals surface area contributed by atoms with Gasteiger partial charge in [-0.3, -0.25) is 4.79 Å². The minimum Gasteiger partial charge on any atom is -0.368 e. The zero-order valence-corrected chi connectivity index (χ0v) is 10.8. The molecule has 0 unspecified atom stereocenters. The van der Waals surface area contributed by atoms with Crippen LogP contribution < -0.4 is 5.73 Å². The highest BCUT2D eigenvalue weighted by molar-refractivity contribution is 6.36. The van der Waals surface area contributed by atoms with E-state index in [2.05, 4.69) is 10.2 Å². The summed E-state index contributed by atoms with van der Waals surface area (Å²) in [4.78, 5) is 13.0. The van der Waals surface area contributed by atoms with Gasteiger partial charge in [-0.05, 0) is 19.3 Å². The number of rotatable bonds is 3. The van der Waals surface area contributed by atoms with Crippen LogP contribution in [0, 0.1) is 0 Å². The summed E-state index contributed by atoms with van der Waals surface area (Å²) in [5, 5.41) is 7.93. The molecule has 1 saturated heterocycles. The maximum absolute atomic E-state index is 11.0. The van der Waals surface area contributed by atoms with Gasteiger partial charge in [-0.2, -0.15) is 0 Å². The Hall–Kier alpha value is -2.17. The molecule has 0 bridgehead atoms. The average molecular weight is 258 g/mol. The van der Waals surface area contributed by atoms with E-state index in [1.807, 2.05) is 35.2 Å². The molecule has 1 fully saturated rings. The first-order valence-electron chi connectivity index (χ1n) is 6.48. The monoisotopic (exact) mass is 258 g/mol. The lowest BCUT2D eigenvalue weighted by Gasteiger charge is -2.26. The van der Waals surface area contributed by atoms with E-state index in [4.69, 9.17) is 5.73 Å². The largest absolute Gasteiger partial charge is 0.368 e. The first-order chi connectivity index (χ1) is 9.31. The van der Waals surface area contributed by atoms with Crippen LogP contribution in [-0.4, -0.2) is 35.9 Å². The van der Waals surface area contributed by atoms with E-state index in [0.29, 0.717) is 18.0 Å². The van der Waals surface area contributed by atoms with Crippen LogP contribution in [0.5, 0.6) is 0 Å². The van der Waals surface area contributed by atoms with E-state index in [1.165, 1.54) is 6.42 Å². The third kappa shape index (κ3) is 3.64. The molecular weight excluding hydrogens is 240 g/mol. The number of aldehydes is 1. The lowest BCUT2D eigenvalue weighted by Crippen LogP contribution is -2.40. The fourth-order valence-corrected chi connectivity index (χ4v) is 2.05. The van der Waals surface area contributed by atoms with Crippen LogP contribution in [0.4, 0.5) is 0 Å². The van der Waals surface area contributed by atoms with Gasteiger partial charge < -0.3 is 10.6 Å². The molecule has 0 aromatic heterocycles. The second-order valence-electron chi connectivity index (χ2n) is 4.48. The van der Waals surface area contributed by atoms with Crippen molar-refractivity contribution in [1.82, 2.24) is 4.90 Å². The molecular formula is C14H18N4O. The Morgan fingerprint density at radius 2 is 1.79 bits per heavy atom. The minimum absolute atomic E-state index is 0.292. The average Bonchev–Trinajstić information content (AvgIpc) is 2.49. The van der Waals surface area contributed by atoms with Gasteiger partial charge in [-0.25, -0.2) is 0 Å². The van der Waals surface area contributed by atoms with Crippen LogP contribution in [0.15, 0.2) is 40.5 Å². The standard InChI is InChI=1S/C14H18N4O/c15-14(18-9-5-2-6-10-18)17-16-13(11-19)12-7-3-1-4-8-12/h1,3-4,7-8,11H,2,5-6,9-10H2,(H2,15,17)/b16-13+. The number of likely N-dealkylation sites (tertiary alicyclic amines) is 1. The fraction of sp³-hybridized carbons (Fsp3) is 0.357. The number of nitrogens with two attached hydrogens (primary N) is 1. The fourth-order valence-electron chi connectivity index (χ4n) is 2.05. The second kappa shape index (κ2) is 6.68. The summed E-state index contributed by atoms with van der Waals surface area (Å²) in [6.45, 7) is 1.82. The van der Waals surface area contributed by atoms with E-state index >= 15 is 0 Å². The smallest absolute Gasteiger partial charge is 0.216 e. The lowest BCUT2D eigenvalue weighted by atomic mass is 10.1. The zero-order valence-electron chi connectivity index (χ0n) is 10.8. The first kappa shape index (κ1) is 13.3. The molecule has 1 heterocycles. The number of guanidine groups is 1. The van der Waals surface area contributed by atoms with Crippen molar-refractivity contribution in [3.8, 4) is 0 Å². The van der Waals surface area contributed by atoms with Crippen LogP contribution in [0.2, 0.25) is 0 Å². The Morgan fingerprint density at radius 3 is 2.42 bits per heavy atom. The molecule has 19 heavy (non-hydrogen) atoms. The number of hydrogen-bond donors (Lipinski definition) is 1. The number of piperidine rings is 1. The molecule has 2 N–H and O–H groups in total. The van der Waals surface area contributed by atoms with E-state index < -0.39 is 0 Å².